The van der Waals surface area contributed by atoms with Gasteiger partial charge in [0.1, 0.15) is 0 Å². The van der Waals surface area contributed by atoms with Crippen molar-refractivity contribution in [3.8, 4) is 20.6 Å². The standard InChI is InChI=1S/C10H6N2S3/c1-3-7(13-5-1)9-11-10(15-12-9)8-4-2-6-14-8/h1-6H. The second-order valence-corrected chi connectivity index (χ2v) is 5.52. The Kier molecular flexibility index (Phi) is 2.36. The Morgan fingerprint density at radius 2 is 1.67 bits per heavy atom. The highest BCUT2D eigenvalue weighted by Gasteiger charge is 2.09. The van der Waals surface area contributed by atoms with E-state index in [1.54, 1.807) is 22.7 Å². The Morgan fingerprint density at radius 3 is 2.33 bits per heavy atom. The highest BCUT2D eigenvalue weighted by molar-refractivity contribution is 7.18. The molecule has 3 aromatic rings. The van der Waals surface area contributed by atoms with Crippen LogP contribution in [0.4, 0.5) is 0 Å². The highest BCUT2D eigenvalue weighted by atomic mass is 32.1. The van der Waals surface area contributed by atoms with Crippen LogP contribution >= 0.6 is 34.2 Å². The smallest absolute Gasteiger partial charge is 0.183 e. The summed E-state index contributed by atoms with van der Waals surface area (Å²) in [5.74, 6) is 0.846. The topological polar surface area (TPSA) is 25.8 Å². The van der Waals surface area contributed by atoms with E-state index in [9.17, 15) is 0 Å². The van der Waals surface area contributed by atoms with Crippen LogP contribution in [-0.4, -0.2) is 9.36 Å². The molecule has 0 spiro atoms. The lowest BCUT2D eigenvalue weighted by Crippen LogP contribution is -1.74. The molecule has 0 N–H and O–H groups in total. The molecular weight excluding hydrogens is 244 g/mol. The predicted octanol–water partition coefficient (Wildman–Crippen LogP) is 4.00. The molecule has 2 nitrogen and oxygen atoms in total. The fraction of sp³-hybridized carbons (Fsp3) is 0. The lowest BCUT2D eigenvalue weighted by Gasteiger charge is -1.86. The molecule has 0 saturated heterocycles. The van der Waals surface area contributed by atoms with Gasteiger partial charge in [-0.1, -0.05) is 12.1 Å². The Labute approximate surface area is 99.0 Å². The number of thiophene rings is 2. The fourth-order valence-corrected chi connectivity index (χ4v) is 3.41. The molecule has 0 aliphatic rings. The molecule has 0 aromatic carbocycles. The van der Waals surface area contributed by atoms with Crippen molar-refractivity contribution in [1.82, 2.24) is 9.36 Å². The van der Waals surface area contributed by atoms with E-state index in [4.69, 9.17) is 0 Å². The van der Waals surface area contributed by atoms with Gasteiger partial charge in [-0.15, -0.1) is 22.7 Å². The molecule has 15 heavy (non-hydrogen) atoms. The molecule has 0 amide bonds. The van der Waals surface area contributed by atoms with Gasteiger partial charge in [-0.3, -0.25) is 0 Å². The van der Waals surface area contributed by atoms with E-state index in [0.717, 1.165) is 15.7 Å². The maximum absolute atomic E-state index is 4.52. The number of hydrogen-bond acceptors (Lipinski definition) is 5. The second-order valence-electron chi connectivity index (χ2n) is 2.88. The average Bonchev–Trinajstić information content (AvgIpc) is 3.02. The summed E-state index contributed by atoms with van der Waals surface area (Å²) >= 11 is 4.83. The van der Waals surface area contributed by atoms with E-state index in [0.29, 0.717) is 0 Å². The summed E-state index contributed by atoms with van der Waals surface area (Å²) in [5.41, 5.74) is 0. The maximum Gasteiger partial charge on any atom is 0.183 e. The third kappa shape index (κ3) is 1.73. The van der Waals surface area contributed by atoms with Gasteiger partial charge in [0.25, 0.3) is 0 Å². The van der Waals surface area contributed by atoms with Crippen molar-refractivity contribution in [2.45, 2.75) is 0 Å². The Balaban J connectivity index is 2.02. The summed E-state index contributed by atoms with van der Waals surface area (Å²) in [5, 5.41) is 5.11. The zero-order chi connectivity index (χ0) is 10.1. The monoisotopic (exact) mass is 250 g/mol. The SMILES string of the molecule is c1csc(-c2nsc(-c3cccs3)n2)c1. The summed E-state index contributed by atoms with van der Waals surface area (Å²) < 4.78 is 4.36. The molecule has 0 unspecified atom stereocenters. The molecule has 0 saturated carbocycles. The molecule has 3 heterocycles. The van der Waals surface area contributed by atoms with Crippen LogP contribution in [0.1, 0.15) is 0 Å². The molecule has 0 fully saturated rings. The minimum Gasteiger partial charge on any atom is -0.213 e. The zero-order valence-corrected chi connectivity index (χ0v) is 10.0. The van der Waals surface area contributed by atoms with Gasteiger partial charge in [-0.05, 0) is 34.4 Å². The molecule has 3 rings (SSSR count). The van der Waals surface area contributed by atoms with Crippen LogP contribution in [0.25, 0.3) is 20.6 Å². The van der Waals surface area contributed by atoms with E-state index in [-0.39, 0.29) is 0 Å². The van der Waals surface area contributed by atoms with Crippen LogP contribution in [-0.2, 0) is 0 Å². The molecule has 0 aliphatic heterocycles. The molecule has 3 aromatic heterocycles. The largest absolute Gasteiger partial charge is 0.213 e. The van der Waals surface area contributed by atoms with Crippen molar-refractivity contribution in [2.75, 3.05) is 0 Å². The van der Waals surface area contributed by atoms with Gasteiger partial charge in [-0.25, -0.2) is 4.98 Å². The van der Waals surface area contributed by atoms with Gasteiger partial charge in [0, 0.05) is 0 Å². The Morgan fingerprint density at radius 1 is 0.933 bits per heavy atom. The summed E-state index contributed by atoms with van der Waals surface area (Å²) in [4.78, 5) is 6.85. The number of aromatic nitrogens is 2. The van der Waals surface area contributed by atoms with Crippen LogP contribution in [0, 0.1) is 0 Å². The first-order valence-electron chi connectivity index (χ1n) is 4.35. The Bertz CT molecular complexity index is 488. The third-order valence-electron chi connectivity index (χ3n) is 1.90. The molecule has 0 aliphatic carbocycles. The molecule has 74 valence electrons. The molecule has 0 atom stereocenters. The quantitative estimate of drug-likeness (QED) is 0.687. The van der Waals surface area contributed by atoms with Crippen LogP contribution in [0.3, 0.4) is 0 Å². The van der Waals surface area contributed by atoms with Crippen LogP contribution in [0.5, 0.6) is 0 Å². The molecule has 0 bridgehead atoms. The van der Waals surface area contributed by atoms with Crippen molar-refractivity contribution in [3.05, 3.63) is 35.0 Å². The van der Waals surface area contributed by atoms with Crippen LogP contribution < -0.4 is 0 Å². The van der Waals surface area contributed by atoms with Crippen molar-refractivity contribution >= 4 is 34.2 Å². The summed E-state index contributed by atoms with van der Waals surface area (Å²) in [6.07, 6.45) is 0. The van der Waals surface area contributed by atoms with Gasteiger partial charge in [0.15, 0.2) is 10.8 Å². The van der Waals surface area contributed by atoms with Crippen LogP contribution in [0.2, 0.25) is 0 Å². The van der Waals surface area contributed by atoms with E-state index < -0.39 is 0 Å². The van der Waals surface area contributed by atoms with Crippen molar-refractivity contribution in [3.63, 3.8) is 0 Å². The minimum atomic E-state index is 0.846. The molecule has 5 heteroatoms. The maximum atomic E-state index is 4.52. The van der Waals surface area contributed by atoms with Crippen molar-refractivity contribution in [2.24, 2.45) is 0 Å². The lowest BCUT2D eigenvalue weighted by molar-refractivity contribution is 1.35. The minimum absolute atomic E-state index is 0.846. The summed E-state index contributed by atoms with van der Waals surface area (Å²) in [6, 6.07) is 8.17. The summed E-state index contributed by atoms with van der Waals surface area (Å²) in [6.45, 7) is 0. The van der Waals surface area contributed by atoms with E-state index in [1.807, 2.05) is 23.6 Å². The zero-order valence-electron chi connectivity index (χ0n) is 7.58. The normalized spacial score (nSPS) is 10.7. The Hall–Kier alpha value is -1.04. The summed E-state index contributed by atoms with van der Waals surface area (Å²) in [7, 11) is 0. The van der Waals surface area contributed by atoms with Gasteiger partial charge < -0.3 is 0 Å². The van der Waals surface area contributed by atoms with Gasteiger partial charge >= 0.3 is 0 Å². The van der Waals surface area contributed by atoms with E-state index >= 15 is 0 Å². The average molecular weight is 250 g/mol. The molecular formula is C10H6N2S3. The van der Waals surface area contributed by atoms with Crippen LogP contribution in [0.15, 0.2) is 35.0 Å². The number of rotatable bonds is 2. The second kappa shape index (κ2) is 3.84. The number of nitrogens with zero attached hydrogens (tertiary/aromatic N) is 2. The first-order chi connectivity index (χ1) is 7.43. The molecule has 0 radical (unpaired) electrons. The lowest BCUT2D eigenvalue weighted by atomic mass is 10.4. The highest BCUT2D eigenvalue weighted by Crippen LogP contribution is 2.30. The fourth-order valence-electron chi connectivity index (χ4n) is 1.23. The third-order valence-corrected chi connectivity index (χ3v) is 4.52. The first kappa shape index (κ1) is 9.21. The van der Waals surface area contributed by atoms with E-state index in [2.05, 4.69) is 20.8 Å². The van der Waals surface area contributed by atoms with Crippen molar-refractivity contribution < 1.29 is 0 Å². The van der Waals surface area contributed by atoms with Crippen molar-refractivity contribution in [1.29, 1.82) is 0 Å². The van der Waals surface area contributed by atoms with Gasteiger partial charge in [0.05, 0.1) is 9.75 Å². The van der Waals surface area contributed by atoms with E-state index in [1.165, 1.54) is 16.4 Å². The first-order valence-corrected chi connectivity index (χ1v) is 6.88. The predicted molar refractivity (Wildman–Crippen MR) is 66.5 cm³/mol. The van der Waals surface area contributed by atoms with Gasteiger partial charge in [0.2, 0.25) is 0 Å². The number of hydrogen-bond donors (Lipinski definition) is 0. The van der Waals surface area contributed by atoms with Gasteiger partial charge in [-0.2, -0.15) is 4.37 Å².